The van der Waals surface area contributed by atoms with Crippen LogP contribution in [0.15, 0.2) is 23.7 Å². The van der Waals surface area contributed by atoms with Crippen LogP contribution in [-0.2, 0) is 6.54 Å². The fourth-order valence-electron chi connectivity index (χ4n) is 1.73. The van der Waals surface area contributed by atoms with Gasteiger partial charge in [-0.3, -0.25) is 0 Å². The Morgan fingerprint density at radius 2 is 2.20 bits per heavy atom. The van der Waals surface area contributed by atoms with E-state index in [4.69, 9.17) is 14.6 Å². The fourth-order valence-corrected chi connectivity index (χ4v) is 2.45. The molecule has 0 aliphatic rings. The first kappa shape index (κ1) is 14.6. The summed E-state index contributed by atoms with van der Waals surface area (Å²) in [6.07, 6.45) is 0. The summed E-state index contributed by atoms with van der Waals surface area (Å²) in [5.41, 5.74) is 3.83. The van der Waals surface area contributed by atoms with Crippen molar-refractivity contribution in [2.45, 2.75) is 13.5 Å². The lowest BCUT2D eigenvalue weighted by Gasteiger charge is -2.12. The number of aliphatic hydroxyl groups excluding tert-OH is 1. The Morgan fingerprint density at radius 1 is 1.35 bits per heavy atom. The van der Waals surface area contributed by atoms with Crippen LogP contribution in [0.2, 0.25) is 0 Å². The lowest BCUT2D eigenvalue weighted by atomic mass is 10.2. The highest BCUT2D eigenvalue weighted by Crippen LogP contribution is 2.30. The number of aromatic nitrogens is 1. The Labute approximate surface area is 122 Å². The second-order valence-corrected chi connectivity index (χ2v) is 5.09. The third-order valence-corrected chi connectivity index (χ3v) is 3.75. The molecular formula is C14H18N2O3S. The van der Waals surface area contributed by atoms with Gasteiger partial charge >= 0.3 is 0 Å². The molecule has 0 aliphatic heterocycles. The van der Waals surface area contributed by atoms with E-state index in [1.807, 2.05) is 30.6 Å². The first-order chi connectivity index (χ1) is 9.74. The van der Waals surface area contributed by atoms with Gasteiger partial charge in [0, 0.05) is 16.6 Å². The molecular weight excluding hydrogens is 276 g/mol. The van der Waals surface area contributed by atoms with Crippen molar-refractivity contribution in [3.8, 4) is 11.5 Å². The van der Waals surface area contributed by atoms with Gasteiger partial charge < -0.3 is 19.9 Å². The summed E-state index contributed by atoms with van der Waals surface area (Å²) in [4.78, 5) is 5.43. The maximum Gasteiger partial charge on any atom is 0.163 e. The van der Waals surface area contributed by atoms with Gasteiger partial charge in [-0.2, -0.15) is 0 Å². The number of anilines is 1. The summed E-state index contributed by atoms with van der Waals surface area (Å²) in [6, 6.07) is 5.64. The van der Waals surface area contributed by atoms with Crippen LogP contribution in [0.3, 0.4) is 0 Å². The second kappa shape index (κ2) is 7.12. The van der Waals surface area contributed by atoms with E-state index >= 15 is 0 Å². The highest BCUT2D eigenvalue weighted by molar-refractivity contribution is 7.09. The largest absolute Gasteiger partial charge is 0.493 e. The van der Waals surface area contributed by atoms with Crippen LogP contribution >= 0.6 is 11.3 Å². The molecule has 0 radical (unpaired) electrons. The number of aliphatic hydroxyl groups is 1. The smallest absolute Gasteiger partial charge is 0.163 e. The van der Waals surface area contributed by atoms with E-state index in [0.717, 1.165) is 17.9 Å². The van der Waals surface area contributed by atoms with Gasteiger partial charge in [0.2, 0.25) is 0 Å². The van der Waals surface area contributed by atoms with E-state index in [9.17, 15) is 0 Å². The average Bonchev–Trinajstić information content (AvgIpc) is 2.88. The van der Waals surface area contributed by atoms with Crippen molar-refractivity contribution < 1.29 is 14.6 Å². The highest BCUT2D eigenvalue weighted by atomic mass is 32.1. The van der Waals surface area contributed by atoms with Gasteiger partial charge in [-0.25, -0.2) is 4.98 Å². The van der Waals surface area contributed by atoms with E-state index < -0.39 is 0 Å². The number of hydrogen-bond acceptors (Lipinski definition) is 6. The Balaban J connectivity index is 2.06. The molecule has 2 rings (SSSR count). The molecule has 0 bridgehead atoms. The van der Waals surface area contributed by atoms with Crippen molar-refractivity contribution in [2.24, 2.45) is 0 Å². The van der Waals surface area contributed by atoms with Crippen LogP contribution in [-0.4, -0.2) is 30.4 Å². The van der Waals surface area contributed by atoms with Gasteiger partial charge in [-0.1, -0.05) is 0 Å². The topological polar surface area (TPSA) is 63.6 Å². The molecule has 108 valence electrons. The molecule has 2 aromatic rings. The molecule has 0 saturated carbocycles. The van der Waals surface area contributed by atoms with Crippen LogP contribution in [0, 0.1) is 6.92 Å². The molecule has 1 aromatic heterocycles. The predicted molar refractivity (Wildman–Crippen MR) is 79.8 cm³/mol. The van der Waals surface area contributed by atoms with Crippen molar-refractivity contribution >= 4 is 17.0 Å². The van der Waals surface area contributed by atoms with Gasteiger partial charge in [-0.05, 0) is 19.1 Å². The van der Waals surface area contributed by atoms with Crippen molar-refractivity contribution in [1.82, 2.24) is 4.98 Å². The van der Waals surface area contributed by atoms with E-state index in [1.54, 1.807) is 18.4 Å². The zero-order valence-corrected chi connectivity index (χ0v) is 12.4. The molecule has 0 saturated heterocycles. The minimum Gasteiger partial charge on any atom is -0.493 e. The quantitative estimate of drug-likeness (QED) is 0.821. The SMILES string of the molecule is COc1ccc(NCc2scnc2C)cc1OCCO. The van der Waals surface area contributed by atoms with Crippen LogP contribution in [0.5, 0.6) is 11.5 Å². The molecule has 0 atom stereocenters. The molecule has 1 aromatic carbocycles. The lowest BCUT2D eigenvalue weighted by Crippen LogP contribution is -2.04. The van der Waals surface area contributed by atoms with Crippen molar-refractivity contribution in [2.75, 3.05) is 25.6 Å². The van der Waals surface area contributed by atoms with E-state index in [0.29, 0.717) is 11.5 Å². The second-order valence-electron chi connectivity index (χ2n) is 4.15. The highest BCUT2D eigenvalue weighted by Gasteiger charge is 2.07. The maximum absolute atomic E-state index is 8.83. The predicted octanol–water partition coefficient (Wildman–Crippen LogP) is 2.44. The molecule has 0 unspecified atom stereocenters. The molecule has 0 spiro atoms. The van der Waals surface area contributed by atoms with Crippen molar-refractivity contribution in [1.29, 1.82) is 0 Å². The van der Waals surface area contributed by atoms with Crippen LogP contribution in [0.4, 0.5) is 5.69 Å². The van der Waals surface area contributed by atoms with E-state index in [1.165, 1.54) is 4.88 Å². The molecule has 0 amide bonds. The number of ether oxygens (including phenoxy) is 2. The van der Waals surface area contributed by atoms with Gasteiger partial charge in [0.05, 0.1) is 31.5 Å². The third kappa shape index (κ3) is 3.61. The molecule has 5 nitrogen and oxygen atoms in total. The summed E-state index contributed by atoms with van der Waals surface area (Å²) >= 11 is 1.63. The summed E-state index contributed by atoms with van der Waals surface area (Å²) < 4.78 is 10.7. The van der Waals surface area contributed by atoms with E-state index in [-0.39, 0.29) is 13.2 Å². The summed E-state index contributed by atoms with van der Waals surface area (Å²) in [5.74, 6) is 1.27. The lowest BCUT2D eigenvalue weighted by molar-refractivity contribution is 0.196. The summed E-state index contributed by atoms with van der Waals surface area (Å²) in [5, 5.41) is 12.2. The van der Waals surface area contributed by atoms with E-state index in [2.05, 4.69) is 10.3 Å². The number of nitrogens with one attached hydrogen (secondary N) is 1. The molecule has 1 heterocycles. The third-order valence-electron chi connectivity index (χ3n) is 2.81. The monoisotopic (exact) mass is 294 g/mol. The van der Waals surface area contributed by atoms with Gasteiger partial charge in [0.15, 0.2) is 11.5 Å². The maximum atomic E-state index is 8.83. The van der Waals surface area contributed by atoms with Crippen molar-refractivity contribution in [3.05, 3.63) is 34.3 Å². The van der Waals surface area contributed by atoms with Gasteiger partial charge in [0.1, 0.15) is 6.61 Å². The molecule has 2 N–H and O–H groups in total. The first-order valence-corrected chi connectivity index (χ1v) is 7.17. The minimum atomic E-state index is -0.0269. The number of hydrogen-bond donors (Lipinski definition) is 2. The zero-order chi connectivity index (χ0) is 14.4. The minimum absolute atomic E-state index is 0.0269. The van der Waals surface area contributed by atoms with Gasteiger partial charge in [0.25, 0.3) is 0 Å². The molecule has 0 fully saturated rings. The van der Waals surface area contributed by atoms with Crippen molar-refractivity contribution in [3.63, 3.8) is 0 Å². The zero-order valence-electron chi connectivity index (χ0n) is 11.5. The van der Waals surface area contributed by atoms with Gasteiger partial charge in [-0.15, -0.1) is 11.3 Å². The number of nitrogens with zero attached hydrogens (tertiary/aromatic N) is 1. The Hall–Kier alpha value is -1.79. The number of benzene rings is 1. The standard InChI is InChI=1S/C14H18N2O3S/c1-10-14(20-9-16-10)8-15-11-3-4-12(18-2)13(7-11)19-6-5-17/h3-4,7,9,15,17H,5-6,8H2,1-2H3. The number of thiazole rings is 1. The Bertz CT molecular complexity index is 557. The van der Waals surface area contributed by atoms with Crippen LogP contribution in [0.25, 0.3) is 0 Å². The normalized spacial score (nSPS) is 10.3. The Morgan fingerprint density at radius 3 is 2.85 bits per heavy atom. The first-order valence-electron chi connectivity index (χ1n) is 6.29. The van der Waals surface area contributed by atoms with Crippen LogP contribution < -0.4 is 14.8 Å². The number of aryl methyl sites for hydroxylation is 1. The fraction of sp³-hybridized carbons (Fsp3) is 0.357. The summed E-state index contributed by atoms with van der Waals surface area (Å²) in [6.45, 7) is 2.94. The average molecular weight is 294 g/mol. The molecule has 0 aliphatic carbocycles. The van der Waals surface area contributed by atoms with Crippen LogP contribution in [0.1, 0.15) is 10.6 Å². The summed E-state index contributed by atoms with van der Waals surface area (Å²) in [7, 11) is 1.59. The molecule has 20 heavy (non-hydrogen) atoms. The Kier molecular flexibility index (Phi) is 5.20. The molecule has 6 heteroatoms. The number of rotatable bonds is 7. The number of methoxy groups -OCH3 is 1.